The molecule has 23 heavy (non-hydrogen) atoms. The summed E-state index contributed by atoms with van der Waals surface area (Å²) in [5.74, 6) is -1.16. The number of hydrogen-bond donors (Lipinski definition) is 1. The van der Waals surface area contributed by atoms with Crippen molar-refractivity contribution in [3.05, 3.63) is 42.0 Å². The molecule has 1 heterocycles. The highest BCUT2D eigenvalue weighted by Crippen LogP contribution is 2.18. The van der Waals surface area contributed by atoms with Crippen LogP contribution in [0.25, 0.3) is 6.08 Å². The molecule has 1 aliphatic heterocycles. The fourth-order valence-electron chi connectivity index (χ4n) is 2.48. The minimum Gasteiger partial charge on any atom is -0.327 e. The van der Waals surface area contributed by atoms with Gasteiger partial charge in [-0.05, 0) is 24.5 Å². The van der Waals surface area contributed by atoms with E-state index in [1.807, 2.05) is 30.3 Å². The molecule has 1 aliphatic rings. The fraction of sp³-hybridized carbons (Fsp3) is 0.389. The zero-order chi connectivity index (χ0) is 16.8. The lowest BCUT2D eigenvalue weighted by Crippen LogP contribution is -2.48. The molecule has 0 saturated carbocycles. The van der Waals surface area contributed by atoms with Crippen molar-refractivity contribution in [1.82, 2.24) is 10.2 Å². The molecular formula is C18H22N2O3. The summed E-state index contributed by atoms with van der Waals surface area (Å²) in [5, 5.41) is 2.38. The van der Waals surface area contributed by atoms with Crippen LogP contribution in [0.4, 0.5) is 0 Å². The van der Waals surface area contributed by atoms with Gasteiger partial charge in [0.1, 0.15) is 6.04 Å². The molecule has 0 aromatic heterocycles. The Morgan fingerprint density at radius 2 is 1.91 bits per heavy atom. The first-order chi connectivity index (χ1) is 11.0. The number of carbonyl (C=O) groups excluding carboxylic acids is 3. The Morgan fingerprint density at radius 3 is 2.57 bits per heavy atom. The maximum Gasteiger partial charge on any atom is 0.249 e. The molecule has 5 nitrogen and oxygen atoms in total. The fourth-order valence-corrected chi connectivity index (χ4v) is 2.48. The van der Waals surface area contributed by atoms with Gasteiger partial charge in [-0.2, -0.15) is 0 Å². The summed E-state index contributed by atoms with van der Waals surface area (Å²) in [6.45, 7) is 3.98. The molecule has 122 valence electrons. The SMILES string of the molecule is CC(C)C(=O)NC(=O)[C@@H]1CCCN1C(=O)C=Cc1ccccc1. The molecule has 3 amide bonds. The summed E-state index contributed by atoms with van der Waals surface area (Å²) in [6.07, 6.45) is 4.56. The van der Waals surface area contributed by atoms with Gasteiger partial charge in [-0.15, -0.1) is 0 Å². The Balaban J connectivity index is 2.00. The van der Waals surface area contributed by atoms with Crippen LogP contribution in [0.2, 0.25) is 0 Å². The van der Waals surface area contributed by atoms with Crippen molar-refractivity contribution in [2.75, 3.05) is 6.54 Å². The van der Waals surface area contributed by atoms with Gasteiger partial charge in [0.15, 0.2) is 0 Å². The van der Waals surface area contributed by atoms with Gasteiger partial charge in [0.05, 0.1) is 0 Å². The van der Waals surface area contributed by atoms with E-state index in [2.05, 4.69) is 5.32 Å². The van der Waals surface area contributed by atoms with E-state index >= 15 is 0 Å². The lowest BCUT2D eigenvalue weighted by atomic mass is 10.1. The Kier molecular flexibility index (Phi) is 5.68. The molecule has 1 fully saturated rings. The average molecular weight is 314 g/mol. The van der Waals surface area contributed by atoms with Gasteiger partial charge in [0, 0.05) is 18.5 Å². The van der Waals surface area contributed by atoms with Crippen LogP contribution < -0.4 is 5.32 Å². The van der Waals surface area contributed by atoms with Crippen LogP contribution in [0.3, 0.4) is 0 Å². The molecule has 5 heteroatoms. The predicted molar refractivity (Wildman–Crippen MR) is 88.2 cm³/mol. The third-order valence-electron chi connectivity index (χ3n) is 3.83. The third-order valence-corrected chi connectivity index (χ3v) is 3.83. The van der Waals surface area contributed by atoms with Crippen molar-refractivity contribution >= 4 is 23.8 Å². The maximum absolute atomic E-state index is 12.3. The largest absolute Gasteiger partial charge is 0.327 e. The highest BCUT2D eigenvalue weighted by atomic mass is 16.2. The lowest BCUT2D eigenvalue weighted by Gasteiger charge is -2.22. The molecule has 0 bridgehead atoms. The van der Waals surface area contributed by atoms with E-state index in [0.29, 0.717) is 13.0 Å². The van der Waals surface area contributed by atoms with Crippen LogP contribution in [0.5, 0.6) is 0 Å². The van der Waals surface area contributed by atoms with Crippen LogP contribution in [0, 0.1) is 5.92 Å². The van der Waals surface area contributed by atoms with Gasteiger partial charge in [0.25, 0.3) is 0 Å². The third kappa shape index (κ3) is 4.52. The van der Waals surface area contributed by atoms with Gasteiger partial charge in [-0.1, -0.05) is 44.2 Å². The Labute approximate surface area is 136 Å². The van der Waals surface area contributed by atoms with E-state index in [4.69, 9.17) is 0 Å². The van der Waals surface area contributed by atoms with Crippen molar-refractivity contribution in [3.63, 3.8) is 0 Å². The number of imide groups is 1. The standard InChI is InChI=1S/C18H22N2O3/c1-13(2)17(22)19-18(23)15-9-6-12-20(15)16(21)11-10-14-7-4-3-5-8-14/h3-5,7-8,10-11,13,15H,6,9,12H2,1-2H3,(H,19,22,23)/t15-/m0/s1. The number of carbonyl (C=O) groups is 3. The van der Waals surface area contributed by atoms with E-state index in [1.54, 1.807) is 19.9 Å². The van der Waals surface area contributed by atoms with Gasteiger partial charge in [-0.3, -0.25) is 19.7 Å². The minimum absolute atomic E-state index is 0.205. The van der Waals surface area contributed by atoms with Crippen molar-refractivity contribution in [2.24, 2.45) is 5.92 Å². The second kappa shape index (κ2) is 7.72. The van der Waals surface area contributed by atoms with Crippen molar-refractivity contribution < 1.29 is 14.4 Å². The Morgan fingerprint density at radius 1 is 1.22 bits per heavy atom. The van der Waals surface area contributed by atoms with Crippen molar-refractivity contribution in [1.29, 1.82) is 0 Å². The zero-order valence-corrected chi connectivity index (χ0v) is 13.5. The minimum atomic E-state index is -0.564. The van der Waals surface area contributed by atoms with Gasteiger partial charge >= 0.3 is 0 Å². The molecule has 1 aromatic carbocycles. The first kappa shape index (κ1) is 16.9. The highest BCUT2D eigenvalue weighted by molar-refractivity contribution is 6.01. The Hall–Kier alpha value is -2.43. The molecule has 1 aromatic rings. The summed E-state index contributed by atoms with van der Waals surface area (Å²) in [7, 11) is 0. The molecule has 1 saturated heterocycles. The molecule has 0 unspecified atom stereocenters. The van der Waals surface area contributed by atoms with Gasteiger partial charge < -0.3 is 4.90 Å². The summed E-state index contributed by atoms with van der Waals surface area (Å²) >= 11 is 0. The number of nitrogens with one attached hydrogen (secondary N) is 1. The summed E-state index contributed by atoms with van der Waals surface area (Å²) in [5.41, 5.74) is 0.927. The van der Waals surface area contributed by atoms with Crippen LogP contribution in [-0.2, 0) is 14.4 Å². The van der Waals surface area contributed by atoms with E-state index < -0.39 is 6.04 Å². The first-order valence-electron chi connectivity index (χ1n) is 7.87. The predicted octanol–water partition coefficient (Wildman–Crippen LogP) is 1.99. The second-order valence-corrected chi connectivity index (χ2v) is 5.94. The smallest absolute Gasteiger partial charge is 0.249 e. The van der Waals surface area contributed by atoms with Crippen LogP contribution in [0.15, 0.2) is 36.4 Å². The molecule has 1 atom stereocenters. The van der Waals surface area contributed by atoms with Crippen LogP contribution in [-0.4, -0.2) is 35.2 Å². The highest BCUT2D eigenvalue weighted by Gasteiger charge is 2.34. The summed E-state index contributed by atoms with van der Waals surface area (Å²) in [6, 6.07) is 8.94. The van der Waals surface area contributed by atoms with Crippen LogP contribution in [0.1, 0.15) is 32.3 Å². The number of nitrogens with zero attached hydrogens (tertiary/aromatic N) is 1. The number of benzene rings is 1. The van der Waals surface area contributed by atoms with Crippen LogP contribution >= 0.6 is 0 Å². The summed E-state index contributed by atoms with van der Waals surface area (Å²) in [4.78, 5) is 37.7. The normalized spacial score (nSPS) is 17.7. The van der Waals surface area contributed by atoms with E-state index in [1.165, 1.54) is 11.0 Å². The molecule has 1 N–H and O–H groups in total. The van der Waals surface area contributed by atoms with Crippen molar-refractivity contribution in [3.8, 4) is 0 Å². The summed E-state index contributed by atoms with van der Waals surface area (Å²) < 4.78 is 0. The second-order valence-electron chi connectivity index (χ2n) is 5.94. The average Bonchev–Trinajstić information content (AvgIpc) is 3.03. The zero-order valence-electron chi connectivity index (χ0n) is 13.5. The molecule has 0 radical (unpaired) electrons. The first-order valence-corrected chi connectivity index (χ1v) is 7.87. The Bertz CT molecular complexity index is 608. The van der Waals surface area contributed by atoms with E-state index in [-0.39, 0.29) is 23.6 Å². The number of likely N-dealkylation sites (tertiary alicyclic amines) is 1. The monoisotopic (exact) mass is 314 g/mol. The quantitative estimate of drug-likeness (QED) is 0.864. The number of rotatable bonds is 4. The molecule has 0 aliphatic carbocycles. The topological polar surface area (TPSA) is 66.5 Å². The lowest BCUT2D eigenvalue weighted by molar-refractivity contribution is -0.139. The molecule has 0 spiro atoms. The number of amides is 3. The van der Waals surface area contributed by atoms with E-state index in [9.17, 15) is 14.4 Å². The van der Waals surface area contributed by atoms with Gasteiger partial charge in [0.2, 0.25) is 17.7 Å². The van der Waals surface area contributed by atoms with E-state index in [0.717, 1.165) is 12.0 Å². The molecule has 2 rings (SSSR count). The molecular weight excluding hydrogens is 292 g/mol. The maximum atomic E-state index is 12.3. The van der Waals surface area contributed by atoms with Crippen molar-refractivity contribution in [2.45, 2.75) is 32.7 Å². The van der Waals surface area contributed by atoms with Gasteiger partial charge in [-0.25, -0.2) is 0 Å². The number of hydrogen-bond acceptors (Lipinski definition) is 3.